The highest BCUT2D eigenvalue weighted by Crippen LogP contribution is 2.40. The van der Waals surface area contributed by atoms with Crippen molar-refractivity contribution in [1.82, 2.24) is 5.32 Å². The maximum absolute atomic E-state index is 10.8. The predicted molar refractivity (Wildman–Crippen MR) is 70.1 cm³/mol. The Morgan fingerprint density at radius 1 is 1.35 bits per heavy atom. The lowest BCUT2D eigenvalue weighted by Gasteiger charge is -2.27. The van der Waals surface area contributed by atoms with Crippen molar-refractivity contribution >= 4 is 5.97 Å². The summed E-state index contributed by atoms with van der Waals surface area (Å²) in [7, 11) is 0. The molecule has 0 radical (unpaired) electrons. The minimum absolute atomic E-state index is 0.476. The van der Waals surface area contributed by atoms with Crippen LogP contribution in [0.4, 0.5) is 0 Å². The van der Waals surface area contributed by atoms with Gasteiger partial charge in [0.1, 0.15) is 0 Å². The highest BCUT2D eigenvalue weighted by molar-refractivity contribution is 5.86. The number of carboxylic acids is 1. The molecule has 0 aromatic rings. The van der Waals surface area contributed by atoms with E-state index in [1.807, 2.05) is 6.92 Å². The zero-order valence-electron chi connectivity index (χ0n) is 11.1. The molecule has 3 nitrogen and oxygen atoms in total. The number of rotatable bonds is 7. The third-order valence-corrected chi connectivity index (χ3v) is 4.06. The molecule has 0 atom stereocenters. The normalized spacial score (nSPS) is 19.5. The number of carbonyl (C=O) groups is 1. The van der Waals surface area contributed by atoms with E-state index in [9.17, 15) is 4.79 Å². The van der Waals surface area contributed by atoms with Crippen LogP contribution in [0, 0.1) is 5.41 Å². The monoisotopic (exact) mass is 239 g/mol. The summed E-state index contributed by atoms with van der Waals surface area (Å²) in [5, 5.41) is 12.3. The van der Waals surface area contributed by atoms with E-state index < -0.39 is 5.97 Å². The van der Waals surface area contributed by atoms with Crippen LogP contribution < -0.4 is 5.32 Å². The number of aliphatic carboxylic acids is 1. The van der Waals surface area contributed by atoms with E-state index in [1.54, 1.807) is 6.08 Å². The first kappa shape index (κ1) is 14.2. The fourth-order valence-electron chi connectivity index (χ4n) is 2.70. The van der Waals surface area contributed by atoms with Gasteiger partial charge in [-0.25, -0.2) is 4.79 Å². The van der Waals surface area contributed by atoms with Gasteiger partial charge in [0.2, 0.25) is 0 Å². The van der Waals surface area contributed by atoms with Gasteiger partial charge in [0, 0.05) is 18.7 Å². The summed E-state index contributed by atoms with van der Waals surface area (Å²) in [5.74, 6) is -0.791. The second-order valence-electron chi connectivity index (χ2n) is 5.08. The summed E-state index contributed by atoms with van der Waals surface area (Å²) in [5.41, 5.74) is 0.984. The molecule has 1 rings (SSSR count). The fourth-order valence-corrected chi connectivity index (χ4v) is 2.70. The summed E-state index contributed by atoms with van der Waals surface area (Å²) in [6.45, 7) is 5.84. The van der Waals surface area contributed by atoms with E-state index in [0.29, 0.717) is 24.0 Å². The molecule has 1 fully saturated rings. The van der Waals surface area contributed by atoms with Crippen LogP contribution in [0.2, 0.25) is 0 Å². The Morgan fingerprint density at radius 2 is 2.00 bits per heavy atom. The molecule has 3 heteroatoms. The van der Waals surface area contributed by atoms with Crippen LogP contribution >= 0.6 is 0 Å². The second-order valence-corrected chi connectivity index (χ2v) is 5.08. The second kappa shape index (κ2) is 6.80. The van der Waals surface area contributed by atoms with Gasteiger partial charge in [-0.2, -0.15) is 0 Å². The SMILES string of the molecule is CCC(=CCNCC1(CC)CCCC1)C(=O)O. The molecule has 1 aliphatic rings. The van der Waals surface area contributed by atoms with E-state index in [2.05, 4.69) is 12.2 Å². The largest absolute Gasteiger partial charge is 0.478 e. The maximum atomic E-state index is 10.8. The maximum Gasteiger partial charge on any atom is 0.331 e. The van der Waals surface area contributed by atoms with E-state index in [-0.39, 0.29) is 0 Å². The van der Waals surface area contributed by atoms with Gasteiger partial charge < -0.3 is 10.4 Å². The Kier molecular flexibility index (Phi) is 5.69. The standard InChI is InChI=1S/C14H25NO2/c1-3-12(13(16)17)7-10-15-11-14(4-2)8-5-6-9-14/h7,15H,3-6,8-11H2,1-2H3,(H,16,17). The van der Waals surface area contributed by atoms with Gasteiger partial charge in [0.15, 0.2) is 0 Å². The van der Waals surface area contributed by atoms with E-state index in [0.717, 1.165) is 6.54 Å². The Labute approximate surface area is 104 Å². The fraction of sp³-hybridized carbons (Fsp3) is 0.786. The van der Waals surface area contributed by atoms with Gasteiger partial charge >= 0.3 is 5.97 Å². The Hall–Kier alpha value is -0.830. The molecule has 0 heterocycles. The van der Waals surface area contributed by atoms with Gasteiger partial charge in [-0.1, -0.05) is 32.8 Å². The minimum Gasteiger partial charge on any atom is -0.478 e. The molecule has 1 saturated carbocycles. The van der Waals surface area contributed by atoms with Crippen molar-refractivity contribution in [3.63, 3.8) is 0 Å². The quantitative estimate of drug-likeness (QED) is 0.530. The Morgan fingerprint density at radius 3 is 2.47 bits per heavy atom. The third-order valence-electron chi connectivity index (χ3n) is 4.06. The zero-order valence-corrected chi connectivity index (χ0v) is 11.1. The van der Waals surface area contributed by atoms with Gasteiger partial charge in [0.25, 0.3) is 0 Å². The summed E-state index contributed by atoms with van der Waals surface area (Å²) in [6.07, 6.45) is 8.96. The smallest absolute Gasteiger partial charge is 0.331 e. The number of hydrogen-bond donors (Lipinski definition) is 2. The molecule has 0 aliphatic heterocycles. The predicted octanol–water partition coefficient (Wildman–Crippen LogP) is 2.97. The third kappa shape index (κ3) is 4.15. The van der Waals surface area contributed by atoms with Gasteiger partial charge in [0.05, 0.1) is 0 Å². The molecule has 0 bridgehead atoms. The van der Waals surface area contributed by atoms with Crippen LogP contribution in [-0.4, -0.2) is 24.2 Å². The minimum atomic E-state index is -0.791. The molecule has 98 valence electrons. The van der Waals surface area contributed by atoms with Crippen LogP contribution in [0.3, 0.4) is 0 Å². The zero-order chi connectivity index (χ0) is 12.7. The average Bonchev–Trinajstić information content (AvgIpc) is 2.78. The molecule has 17 heavy (non-hydrogen) atoms. The van der Waals surface area contributed by atoms with E-state index >= 15 is 0 Å². The van der Waals surface area contributed by atoms with Gasteiger partial charge in [-0.05, 0) is 31.1 Å². The number of carboxylic acid groups (broad SMARTS) is 1. The van der Waals surface area contributed by atoms with Crippen LogP contribution in [0.25, 0.3) is 0 Å². The summed E-state index contributed by atoms with van der Waals surface area (Å²) in [4.78, 5) is 10.8. The summed E-state index contributed by atoms with van der Waals surface area (Å²) < 4.78 is 0. The van der Waals surface area contributed by atoms with Crippen molar-refractivity contribution in [2.75, 3.05) is 13.1 Å². The Balaban J connectivity index is 2.34. The van der Waals surface area contributed by atoms with Crippen molar-refractivity contribution < 1.29 is 9.90 Å². The first-order valence-corrected chi connectivity index (χ1v) is 6.76. The average molecular weight is 239 g/mol. The van der Waals surface area contributed by atoms with Crippen molar-refractivity contribution in [2.45, 2.75) is 52.4 Å². The first-order chi connectivity index (χ1) is 8.13. The molecule has 0 amide bonds. The topological polar surface area (TPSA) is 49.3 Å². The molecule has 0 aromatic carbocycles. The van der Waals surface area contributed by atoms with Crippen molar-refractivity contribution in [3.8, 4) is 0 Å². The van der Waals surface area contributed by atoms with Crippen molar-refractivity contribution in [2.24, 2.45) is 5.41 Å². The molecule has 0 aromatic heterocycles. The molecular formula is C14H25NO2. The molecule has 0 spiro atoms. The van der Waals surface area contributed by atoms with Gasteiger partial charge in [-0.3, -0.25) is 0 Å². The molecule has 0 saturated heterocycles. The van der Waals surface area contributed by atoms with E-state index in [1.165, 1.54) is 32.1 Å². The van der Waals surface area contributed by atoms with Crippen LogP contribution in [-0.2, 0) is 4.79 Å². The summed E-state index contributed by atoms with van der Waals surface area (Å²) in [6, 6.07) is 0. The van der Waals surface area contributed by atoms with Crippen molar-refractivity contribution in [3.05, 3.63) is 11.6 Å². The lowest BCUT2D eigenvalue weighted by molar-refractivity contribution is -0.132. The van der Waals surface area contributed by atoms with Crippen LogP contribution in [0.5, 0.6) is 0 Å². The molecular weight excluding hydrogens is 214 g/mol. The highest BCUT2D eigenvalue weighted by atomic mass is 16.4. The lowest BCUT2D eigenvalue weighted by atomic mass is 9.83. The number of hydrogen-bond acceptors (Lipinski definition) is 2. The lowest BCUT2D eigenvalue weighted by Crippen LogP contribution is -2.31. The molecule has 2 N–H and O–H groups in total. The summed E-state index contributed by atoms with van der Waals surface area (Å²) >= 11 is 0. The van der Waals surface area contributed by atoms with Crippen LogP contribution in [0.15, 0.2) is 11.6 Å². The first-order valence-electron chi connectivity index (χ1n) is 6.76. The van der Waals surface area contributed by atoms with Crippen LogP contribution in [0.1, 0.15) is 52.4 Å². The van der Waals surface area contributed by atoms with E-state index in [4.69, 9.17) is 5.11 Å². The Bertz CT molecular complexity index is 278. The molecule has 0 unspecified atom stereocenters. The molecule has 1 aliphatic carbocycles. The highest BCUT2D eigenvalue weighted by Gasteiger charge is 2.31. The number of nitrogens with one attached hydrogen (secondary N) is 1. The van der Waals surface area contributed by atoms with Gasteiger partial charge in [-0.15, -0.1) is 0 Å². The van der Waals surface area contributed by atoms with Crippen molar-refractivity contribution in [1.29, 1.82) is 0 Å².